The zero-order chi connectivity index (χ0) is 16.4. The minimum Gasteiger partial charge on any atom is -0.497 e. The third-order valence-corrected chi connectivity index (χ3v) is 3.80. The van der Waals surface area contributed by atoms with Gasteiger partial charge in [-0.05, 0) is 55.3 Å². The molecule has 0 amide bonds. The maximum absolute atomic E-state index is 12.1. The van der Waals surface area contributed by atoms with E-state index in [-0.39, 0.29) is 5.97 Å². The summed E-state index contributed by atoms with van der Waals surface area (Å²) < 4.78 is 10.7. The van der Waals surface area contributed by atoms with Gasteiger partial charge in [0.25, 0.3) is 0 Å². The highest BCUT2D eigenvalue weighted by molar-refractivity contribution is 6.05. The molecule has 3 rings (SSSR count). The molecule has 0 aromatic heterocycles. The van der Waals surface area contributed by atoms with E-state index in [4.69, 9.17) is 9.47 Å². The van der Waals surface area contributed by atoms with Crippen LogP contribution < -0.4 is 4.74 Å². The first-order chi connectivity index (χ1) is 11.1. The van der Waals surface area contributed by atoms with Crippen molar-refractivity contribution in [1.82, 2.24) is 0 Å². The molecule has 3 heteroatoms. The van der Waals surface area contributed by atoms with Crippen LogP contribution in [-0.4, -0.2) is 13.1 Å². The van der Waals surface area contributed by atoms with Crippen LogP contribution in [0.2, 0.25) is 0 Å². The molecule has 1 aliphatic heterocycles. The summed E-state index contributed by atoms with van der Waals surface area (Å²) in [5, 5.41) is 0. The van der Waals surface area contributed by atoms with Crippen LogP contribution in [-0.2, 0) is 9.53 Å². The van der Waals surface area contributed by atoms with Gasteiger partial charge in [-0.1, -0.05) is 29.8 Å². The summed E-state index contributed by atoms with van der Waals surface area (Å²) in [6.07, 6.45) is 3.60. The Balaban J connectivity index is 1.98. The predicted molar refractivity (Wildman–Crippen MR) is 91.0 cm³/mol. The second-order valence-corrected chi connectivity index (χ2v) is 5.59. The minimum atomic E-state index is -0.330. The molecule has 0 fully saturated rings. The maximum Gasteiger partial charge on any atom is 0.343 e. The molecule has 0 spiro atoms. The van der Waals surface area contributed by atoms with E-state index >= 15 is 0 Å². The Kier molecular flexibility index (Phi) is 4.02. The molecule has 1 heterocycles. The zero-order valence-electron chi connectivity index (χ0n) is 13.4. The Morgan fingerprint density at radius 1 is 1.09 bits per heavy atom. The summed E-state index contributed by atoms with van der Waals surface area (Å²) in [6, 6.07) is 13.7. The average molecular weight is 306 g/mol. The summed E-state index contributed by atoms with van der Waals surface area (Å²) >= 11 is 0. The van der Waals surface area contributed by atoms with Crippen molar-refractivity contribution in [2.75, 3.05) is 7.11 Å². The van der Waals surface area contributed by atoms with Crippen LogP contribution in [0.3, 0.4) is 0 Å². The molecule has 1 aliphatic rings. The number of cyclic esters (lactones) is 1. The Hall–Kier alpha value is -2.81. The molecule has 0 unspecified atom stereocenters. The molecule has 0 N–H and O–H groups in total. The summed E-state index contributed by atoms with van der Waals surface area (Å²) in [5.41, 5.74) is 4.60. The van der Waals surface area contributed by atoms with Crippen LogP contribution in [0.25, 0.3) is 11.8 Å². The molecule has 0 saturated heterocycles. The van der Waals surface area contributed by atoms with Crippen molar-refractivity contribution in [3.63, 3.8) is 0 Å². The van der Waals surface area contributed by atoms with Gasteiger partial charge in [-0.25, -0.2) is 4.79 Å². The van der Waals surface area contributed by atoms with E-state index in [0.29, 0.717) is 11.3 Å². The van der Waals surface area contributed by atoms with Crippen molar-refractivity contribution in [2.24, 2.45) is 0 Å². The number of hydrogen-bond acceptors (Lipinski definition) is 3. The standard InChI is InChI=1S/C20H18O3/c1-13-7-8-14(2)18(9-13)19-12-16(20(21)23-19)10-15-5-4-6-17(11-15)22-3/h4-12H,1-3H3/b16-10+. The normalized spacial score (nSPS) is 15.5. The molecule has 23 heavy (non-hydrogen) atoms. The van der Waals surface area contributed by atoms with Crippen LogP contribution in [0.5, 0.6) is 5.75 Å². The first kappa shape index (κ1) is 15.1. The van der Waals surface area contributed by atoms with Crippen LogP contribution in [0.15, 0.2) is 54.1 Å². The molecule has 0 saturated carbocycles. The molecular formula is C20H18O3. The average Bonchev–Trinajstić information content (AvgIpc) is 2.90. The fraction of sp³-hybridized carbons (Fsp3) is 0.150. The van der Waals surface area contributed by atoms with E-state index in [1.165, 1.54) is 0 Å². The summed E-state index contributed by atoms with van der Waals surface area (Å²) in [4.78, 5) is 12.1. The minimum absolute atomic E-state index is 0.330. The Labute approximate surface area is 135 Å². The van der Waals surface area contributed by atoms with Crippen molar-refractivity contribution in [1.29, 1.82) is 0 Å². The fourth-order valence-electron chi connectivity index (χ4n) is 2.53. The molecular weight excluding hydrogens is 288 g/mol. The largest absolute Gasteiger partial charge is 0.497 e. The van der Waals surface area contributed by atoms with Crippen LogP contribution in [0.1, 0.15) is 22.3 Å². The monoisotopic (exact) mass is 306 g/mol. The highest BCUT2D eigenvalue weighted by atomic mass is 16.5. The number of esters is 1. The molecule has 0 radical (unpaired) electrons. The van der Waals surface area contributed by atoms with Gasteiger partial charge in [0, 0.05) is 5.56 Å². The van der Waals surface area contributed by atoms with Gasteiger partial charge in [-0.2, -0.15) is 0 Å². The topological polar surface area (TPSA) is 35.5 Å². The lowest BCUT2D eigenvalue weighted by Crippen LogP contribution is -1.98. The van der Waals surface area contributed by atoms with E-state index in [0.717, 1.165) is 28.0 Å². The molecule has 2 aromatic carbocycles. The summed E-state index contributed by atoms with van der Waals surface area (Å²) in [6.45, 7) is 4.03. The number of rotatable bonds is 3. The van der Waals surface area contributed by atoms with Crippen LogP contribution in [0, 0.1) is 13.8 Å². The second kappa shape index (κ2) is 6.13. The number of aryl methyl sites for hydroxylation is 2. The molecule has 0 aliphatic carbocycles. The van der Waals surface area contributed by atoms with Crippen molar-refractivity contribution in [3.05, 3.63) is 76.4 Å². The number of benzene rings is 2. The molecule has 0 bridgehead atoms. The lowest BCUT2D eigenvalue weighted by Gasteiger charge is -2.06. The fourth-order valence-corrected chi connectivity index (χ4v) is 2.53. The first-order valence-electron chi connectivity index (χ1n) is 7.44. The van der Waals surface area contributed by atoms with Crippen molar-refractivity contribution in [3.8, 4) is 5.75 Å². The highest BCUT2D eigenvalue weighted by Crippen LogP contribution is 2.30. The number of carbonyl (C=O) groups excluding carboxylic acids is 1. The first-order valence-corrected chi connectivity index (χ1v) is 7.44. The summed E-state index contributed by atoms with van der Waals surface area (Å²) in [5.74, 6) is 1.03. The van der Waals surface area contributed by atoms with Gasteiger partial charge in [0.2, 0.25) is 0 Å². The van der Waals surface area contributed by atoms with E-state index < -0.39 is 0 Å². The van der Waals surface area contributed by atoms with E-state index in [9.17, 15) is 4.79 Å². The Morgan fingerprint density at radius 3 is 2.70 bits per heavy atom. The van der Waals surface area contributed by atoms with E-state index in [2.05, 4.69) is 0 Å². The van der Waals surface area contributed by atoms with Gasteiger partial charge < -0.3 is 9.47 Å². The van der Waals surface area contributed by atoms with Gasteiger partial charge in [0.15, 0.2) is 0 Å². The van der Waals surface area contributed by atoms with Crippen molar-refractivity contribution in [2.45, 2.75) is 13.8 Å². The lowest BCUT2D eigenvalue weighted by molar-refractivity contribution is -0.130. The van der Waals surface area contributed by atoms with Gasteiger partial charge in [-0.15, -0.1) is 0 Å². The number of carbonyl (C=O) groups is 1. The number of hydrogen-bond donors (Lipinski definition) is 0. The molecule has 3 nitrogen and oxygen atoms in total. The van der Waals surface area contributed by atoms with Gasteiger partial charge in [0.05, 0.1) is 12.7 Å². The van der Waals surface area contributed by atoms with Gasteiger partial charge in [0.1, 0.15) is 11.5 Å². The Morgan fingerprint density at radius 2 is 1.91 bits per heavy atom. The Bertz CT molecular complexity index is 829. The van der Waals surface area contributed by atoms with Crippen LogP contribution >= 0.6 is 0 Å². The smallest absolute Gasteiger partial charge is 0.343 e. The van der Waals surface area contributed by atoms with E-state index in [1.54, 1.807) is 13.2 Å². The number of ether oxygens (including phenoxy) is 2. The van der Waals surface area contributed by atoms with Gasteiger partial charge in [-0.3, -0.25) is 0 Å². The van der Waals surface area contributed by atoms with Crippen molar-refractivity contribution >= 4 is 17.8 Å². The SMILES string of the molecule is COc1cccc(/C=C2\C=C(c3cc(C)ccc3C)OC2=O)c1. The van der Waals surface area contributed by atoms with Crippen molar-refractivity contribution < 1.29 is 14.3 Å². The summed E-state index contributed by atoms with van der Waals surface area (Å²) in [7, 11) is 1.62. The quantitative estimate of drug-likeness (QED) is 0.627. The maximum atomic E-state index is 12.1. The lowest BCUT2D eigenvalue weighted by atomic mass is 10.0. The molecule has 116 valence electrons. The third kappa shape index (κ3) is 3.19. The highest BCUT2D eigenvalue weighted by Gasteiger charge is 2.23. The third-order valence-electron chi connectivity index (χ3n) is 3.80. The molecule has 2 aromatic rings. The van der Waals surface area contributed by atoms with Gasteiger partial charge >= 0.3 is 5.97 Å². The van der Waals surface area contributed by atoms with E-state index in [1.807, 2.05) is 62.4 Å². The number of methoxy groups -OCH3 is 1. The predicted octanol–water partition coefficient (Wildman–Crippen LogP) is 4.29. The zero-order valence-corrected chi connectivity index (χ0v) is 13.4. The second-order valence-electron chi connectivity index (χ2n) is 5.59. The van der Waals surface area contributed by atoms with Crippen LogP contribution in [0.4, 0.5) is 0 Å². The molecule has 0 atom stereocenters.